The van der Waals surface area contributed by atoms with Gasteiger partial charge in [-0.2, -0.15) is 0 Å². The molecule has 0 bridgehead atoms. The molecule has 5 heteroatoms. The molecule has 4 aliphatic carbocycles. The van der Waals surface area contributed by atoms with E-state index in [0.29, 0.717) is 35.5 Å². The minimum absolute atomic E-state index is 0. The number of benzene rings is 2. The molecule has 4 aliphatic rings. The summed E-state index contributed by atoms with van der Waals surface area (Å²) in [6, 6.07) is 18.0. The zero-order valence-electron chi connectivity index (χ0n) is 21.3. The largest absolute Gasteiger partial charge is 1.00 e. The van der Waals surface area contributed by atoms with Crippen LogP contribution in [0.1, 0.15) is 35.8 Å². The number of rotatable bonds is 6. The molecule has 2 aromatic rings. The molecule has 2 saturated carbocycles. The molecule has 0 aromatic heterocycles. The topological polar surface area (TPSA) is 18.5 Å². The number of allylic oxidation sites excluding steroid dienone is 8. The summed E-state index contributed by atoms with van der Waals surface area (Å²) in [7, 11) is 3.52. The number of methoxy groups -OCH3 is 2. The van der Waals surface area contributed by atoms with Crippen molar-refractivity contribution in [2.75, 3.05) is 14.2 Å². The van der Waals surface area contributed by atoms with E-state index in [9.17, 15) is 0 Å². The zero-order valence-corrected chi connectivity index (χ0v) is 25.3. The molecule has 0 aliphatic heterocycles. The van der Waals surface area contributed by atoms with Crippen LogP contribution in [0.2, 0.25) is 7.25 Å². The first kappa shape index (κ1) is 28.5. The van der Waals surface area contributed by atoms with Crippen LogP contribution in [0, 0.1) is 23.7 Å². The zero-order chi connectivity index (χ0) is 23.8. The fourth-order valence-corrected chi connectivity index (χ4v) is 13.8. The Labute approximate surface area is 245 Å². The first-order chi connectivity index (χ1) is 17.2. The van der Waals surface area contributed by atoms with E-state index in [4.69, 9.17) is 9.47 Å². The van der Waals surface area contributed by atoms with Crippen LogP contribution in [0.25, 0.3) is 0 Å². The van der Waals surface area contributed by atoms with Crippen molar-refractivity contribution in [1.29, 1.82) is 0 Å². The SMILES string of the molecule is COc1ccc(C2CC3C=CC=CC3[CH]2[Zr+2][CH]2C(c3ccc(OC)cc3)CC3C=CC=CC32)cc1.[Cl-].[Cl-]. The van der Waals surface area contributed by atoms with Crippen molar-refractivity contribution in [3.8, 4) is 11.5 Å². The summed E-state index contributed by atoms with van der Waals surface area (Å²) < 4.78 is 12.6. The van der Waals surface area contributed by atoms with Gasteiger partial charge in [-0.15, -0.1) is 0 Å². The third-order valence-corrected chi connectivity index (χ3v) is 14.6. The van der Waals surface area contributed by atoms with E-state index in [0.717, 1.165) is 18.8 Å². The first-order valence-electron chi connectivity index (χ1n) is 13.0. The van der Waals surface area contributed by atoms with Crippen LogP contribution in [0.15, 0.2) is 97.1 Å². The van der Waals surface area contributed by atoms with Crippen molar-refractivity contribution in [1.82, 2.24) is 0 Å². The smallest absolute Gasteiger partial charge is 1.00 e. The minimum atomic E-state index is -0.789. The Morgan fingerprint density at radius 1 is 0.568 bits per heavy atom. The van der Waals surface area contributed by atoms with Gasteiger partial charge in [0.1, 0.15) is 0 Å². The Hall–Kier alpha value is -1.54. The number of halogens is 2. The molecule has 2 fully saturated rings. The van der Waals surface area contributed by atoms with Gasteiger partial charge in [-0.3, -0.25) is 0 Å². The Balaban J connectivity index is 0.00000160. The van der Waals surface area contributed by atoms with Gasteiger partial charge >= 0.3 is 222 Å². The monoisotopic (exact) mass is 610 g/mol. The summed E-state index contributed by atoms with van der Waals surface area (Å²) in [6.07, 6.45) is 21.8. The molecular weight excluding hydrogens is 578 g/mol. The minimum Gasteiger partial charge on any atom is -1.00 e. The van der Waals surface area contributed by atoms with E-state index in [-0.39, 0.29) is 24.8 Å². The van der Waals surface area contributed by atoms with Crippen LogP contribution in [0.4, 0.5) is 0 Å². The van der Waals surface area contributed by atoms with Gasteiger partial charge in [0.05, 0.1) is 0 Å². The van der Waals surface area contributed by atoms with Gasteiger partial charge in [-0.1, -0.05) is 0 Å². The Kier molecular flexibility index (Phi) is 9.65. The first-order valence-corrected chi connectivity index (χ1v) is 15.8. The third kappa shape index (κ3) is 5.61. The molecule has 0 heterocycles. The summed E-state index contributed by atoms with van der Waals surface area (Å²) in [5, 5.41) is 0. The van der Waals surface area contributed by atoms with E-state index in [1.54, 1.807) is 14.2 Å². The predicted molar refractivity (Wildman–Crippen MR) is 139 cm³/mol. The summed E-state index contributed by atoms with van der Waals surface area (Å²) in [5.41, 5.74) is 3.03. The van der Waals surface area contributed by atoms with E-state index in [1.165, 1.54) is 24.0 Å². The van der Waals surface area contributed by atoms with Crippen LogP contribution in [-0.4, -0.2) is 14.2 Å². The maximum Gasteiger partial charge on any atom is -1.00 e. The van der Waals surface area contributed by atoms with Crippen LogP contribution in [-0.2, 0) is 23.2 Å². The van der Waals surface area contributed by atoms with E-state index in [1.807, 2.05) is 0 Å². The normalized spacial score (nSPS) is 32.5. The second-order valence-corrected chi connectivity index (χ2v) is 14.6. The molecule has 0 spiro atoms. The number of hydrogen-bond donors (Lipinski definition) is 0. The van der Waals surface area contributed by atoms with Crippen LogP contribution in [0.3, 0.4) is 0 Å². The van der Waals surface area contributed by atoms with Crippen molar-refractivity contribution in [2.45, 2.75) is 31.9 Å². The second kappa shape index (κ2) is 12.5. The van der Waals surface area contributed by atoms with Crippen molar-refractivity contribution in [3.63, 3.8) is 0 Å². The number of ether oxygens (including phenoxy) is 2. The fourth-order valence-electron chi connectivity index (χ4n) is 7.07. The van der Waals surface area contributed by atoms with Gasteiger partial charge in [0, 0.05) is 0 Å². The molecule has 8 atom stereocenters. The van der Waals surface area contributed by atoms with Gasteiger partial charge in [-0.05, 0) is 0 Å². The van der Waals surface area contributed by atoms with E-state index in [2.05, 4.69) is 97.1 Å². The van der Waals surface area contributed by atoms with Gasteiger partial charge in [0.15, 0.2) is 0 Å². The van der Waals surface area contributed by atoms with Gasteiger partial charge in [0.2, 0.25) is 0 Å². The molecule has 0 saturated heterocycles. The Morgan fingerprint density at radius 2 is 0.946 bits per heavy atom. The van der Waals surface area contributed by atoms with Gasteiger partial charge in [0.25, 0.3) is 0 Å². The van der Waals surface area contributed by atoms with Crippen molar-refractivity contribution >= 4 is 0 Å². The number of hydrogen-bond acceptors (Lipinski definition) is 2. The molecule has 0 amide bonds. The molecule has 37 heavy (non-hydrogen) atoms. The third-order valence-electron chi connectivity index (χ3n) is 8.82. The standard InChI is InChI=1S/2C16H17O.2ClH.Zr/c2*1-17-16-8-6-12(7-9-16)15-10-13-4-2-3-5-14(13)11-15;;;/h2*2-10,13-15H,11H2,1H3;2*1H;/q;;;;+2/p-2. The average Bonchev–Trinajstić information content (AvgIpc) is 3.48. The molecule has 0 N–H and O–H groups in total. The molecule has 2 aromatic carbocycles. The van der Waals surface area contributed by atoms with E-state index < -0.39 is 23.2 Å². The summed E-state index contributed by atoms with van der Waals surface area (Å²) in [6.45, 7) is 0. The number of fused-ring (bicyclic) bond motifs is 2. The summed E-state index contributed by atoms with van der Waals surface area (Å²) in [5.74, 6) is 6.03. The van der Waals surface area contributed by atoms with Crippen molar-refractivity contribution < 1.29 is 57.5 Å². The average molecular weight is 613 g/mol. The Morgan fingerprint density at radius 3 is 1.32 bits per heavy atom. The molecule has 0 radical (unpaired) electrons. The fraction of sp³-hybridized carbons (Fsp3) is 0.375. The molecule has 192 valence electrons. The molecule has 2 nitrogen and oxygen atoms in total. The van der Waals surface area contributed by atoms with Crippen LogP contribution >= 0.6 is 0 Å². The van der Waals surface area contributed by atoms with E-state index >= 15 is 0 Å². The predicted octanol–water partition coefficient (Wildman–Crippen LogP) is 1.76. The van der Waals surface area contributed by atoms with Gasteiger partial charge in [-0.25, -0.2) is 0 Å². The van der Waals surface area contributed by atoms with Crippen molar-refractivity contribution in [2.24, 2.45) is 23.7 Å². The Bertz CT molecular complexity index is 1060. The van der Waals surface area contributed by atoms with Gasteiger partial charge < -0.3 is 24.8 Å². The molecule has 6 rings (SSSR count). The second-order valence-electron chi connectivity index (χ2n) is 10.5. The summed E-state index contributed by atoms with van der Waals surface area (Å²) >= 11 is -0.789. The molecule has 8 unspecified atom stereocenters. The molecular formula is C32H34Cl2O2Zr. The van der Waals surface area contributed by atoms with Crippen molar-refractivity contribution in [3.05, 3.63) is 108 Å². The quantitative estimate of drug-likeness (QED) is 0.496. The maximum atomic E-state index is 5.46. The van der Waals surface area contributed by atoms with Crippen LogP contribution < -0.4 is 34.3 Å². The maximum absolute atomic E-state index is 5.46. The van der Waals surface area contributed by atoms with Crippen LogP contribution in [0.5, 0.6) is 11.5 Å². The summed E-state index contributed by atoms with van der Waals surface area (Å²) in [4.78, 5) is 0.